The third-order valence-corrected chi connectivity index (χ3v) is 2.03. The van der Waals surface area contributed by atoms with Gasteiger partial charge in [0.2, 0.25) is 0 Å². The monoisotopic (exact) mass is 193 g/mol. The number of carboxylic acids is 1. The van der Waals surface area contributed by atoms with Gasteiger partial charge >= 0.3 is 5.97 Å². The second-order valence-electron chi connectivity index (χ2n) is 3.57. The van der Waals surface area contributed by atoms with Crippen molar-refractivity contribution in [3.63, 3.8) is 0 Å². The van der Waals surface area contributed by atoms with Crippen LogP contribution in [0.3, 0.4) is 0 Å². The number of rotatable bonds is 4. The van der Waals surface area contributed by atoms with E-state index in [1.165, 1.54) is 0 Å². The Labute approximate surface area is 83.8 Å². The summed E-state index contributed by atoms with van der Waals surface area (Å²) in [5.41, 5.74) is 0.841. The highest BCUT2D eigenvalue weighted by molar-refractivity contribution is 5.77. The predicted octanol–water partition coefficient (Wildman–Crippen LogP) is 2.21. The SMILES string of the molecule is CC(C)[C@H](Nc1ccccc1)C(=O)O. The lowest BCUT2D eigenvalue weighted by Crippen LogP contribution is -2.34. The Kier molecular flexibility index (Phi) is 3.51. The van der Waals surface area contributed by atoms with Gasteiger partial charge in [0, 0.05) is 5.69 Å². The molecule has 3 nitrogen and oxygen atoms in total. The number of para-hydroxylation sites is 1. The van der Waals surface area contributed by atoms with Gasteiger partial charge in [-0.05, 0) is 18.1 Å². The molecule has 0 heterocycles. The van der Waals surface area contributed by atoms with Gasteiger partial charge < -0.3 is 10.4 Å². The van der Waals surface area contributed by atoms with Crippen molar-refractivity contribution < 1.29 is 9.90 Å². The zero-order chi connectivity index (χ0) is 10.6. The lowest BCUT2D eigenvalue weighted by atomic mass is 10.0. The minimum Gasteiger partial charge on any atom is -0.480 e. The summed E-state index contributed by atoms with van der Waals surface area (Å²) in [7, 11) is 0. The zero-order valence-corrected chi connectivity index (χ0v) is 8.40. The number of benzene rings is 1. The van der Waals surface area contributed by atoms with Gasteiger partial charge in [0.05, 0.1) is 0 Å². The van der Waals surface area contributed by atoms with Crippen LogP contribution in [0, 0.1) is 5.92 Å². The summed E-state index contributed by atoms with van der Waals surface area (Å²) in [5.74, 6) is -0.753. The molecule has 0 spiro atoms. The van der Waals surface area contributed by atoms with E-state index < -0.39 is 12.0 Å². The Morgan fingerprint density at radius 3 is 2.29 bits per heavy atom. The van der Waals surface area contributed by atoms with E-state index in [1.807, 2.05) is 44.2 Å². The normalized spacial score (nSPS) is 12.5. The van der Waals surface area contributed by atoms with Gasteiger partial charge in [0.15, 0.2) is 0 Å². The van der Waals surface area contributed by atoms with Gasteiger partial charge in [0.25, 0.3) is 0 Å². The third kappa shape index (κ3) is 2.76. The summed E-state index contributed by atoms with van der Waals surface area (Å²) in [4.78, 5) is 10.9. The van der Waals surface area contributed by atoms with Crippen molar-refractivity contribution in [2.24, 2.45) is 5.92 Å². The highest BCUT2D eigenvalue weighted by Crippen LogP contribution is 2.12. The average molecular weight is 193 g/mol. The molecule has 0 amide bonds. The second kappa shape index (κ2) is 4.65. The standard InChI is InChI=1S/C11H15NO2/c1-8(2)10(11(13)14)12-9-6-4-3-5-7-9/h3-8,10,12H,1-2H3,(H,13,14)/t10-/m0/s1. The first-order chi connectivity index (χ1) is 6.61. The van der Waals surface area contributed by atoms with E-state index in [0.29, 0.717) is 0 Å². The number of hydrogen-bond donors (Lipinski definition) is 2. The summed E-state index contributed by atoms with van der Waals surface area (Å²) in [6, 6.07) is 8.84. The van der Waals surface area contributed by atoms with Gasteiger partial charge in [-0.25, -0.2) is 4.79 Å². The summed E-state index contributed by atoms with van der Waals surface area (Å²) >= 11 is 0. The van der Waals surface area contributed by atoms with Crippen molar-refractivity contribution in [2.45, 2.75) is 19.9 Å². The molecular weight excluding hydrogens is 178 g/mol. The van der Waals surface area contributed by atoms with E-state index in [-0.39, 0.29) is 5.92 Å². The Morgan fingerprint density at radius 1 is 1.29 bits per heavy atom. The molecule has 0 aliphatic heterocycles. The molecule has 0 unspecified atom stereocenters. The summed E-state index contributed by atoms with van der Waals surface area (Å²) in [6.07, 6.45) is 0. The van der Waals surface area contributed by atoms with Crippen molar-refractivity contribution in [3.05, 3.63) is 30.3 Å². The maximum absolute atomic E-state index is 10.9. The molecule has 0 bridgehead atoms. The molecule has 76 valence electrons. The molecular formula is C11H15NO2. The minimum atomic E-state index is -0.816. The maximum atomic E-state index is 10.9. The van der Waals surface area contributed by atoms with Gasteiger partial charge in [-0.15, -0.1) is 0 Å². The van der Waals surface area contributed by atoms with E-state index in [0.717, 1.165) is 5.69 Å². The number of carboxylic acid groups (broad SMARTS) is 1. The minimum absolute atomic E-state index is 0.0627. The van der Waals surface area contributed by atoms with Crippen molar-refractivity contribution in [3.8, 4) is 0 Å². The van der Waals surface area contributed by atoms with Crippen LogP contribution in [0.2, 0.25) is 0 Å². The highest BCUT2D eigenvalue weighted by Gasteiger charge is 2.20. The molecule has 1 atom stereocenters. The molecule has 0 saturated heterocycles. The van der Waals surface area contributed by atoms with Gasteiger partial charge in [0.1, 0.15) is 6.04 Å². The lowest BCUT2D eigenvalue weighted by molar-refractivity contribution is -0.138. The van der Waals surface area contributed by atoms with E-state index in [2.05, 4.69) is 5.32 Å². The quantitative estimate of drug-likeness (QED) is 0.770. The first-order valence-electron chi connectivity index (χ1n) is 4.65. The smallest absolute Gasteiger partial charge is 0.326 e. The van der Waals surface area contributed by atoms with Crippen molar-refractivity contribution in [1.29, 1.82) is 0 Å². The number of carbonyl (C=O) groups is 1. The maximum Gasteiger partial charge on any atom is 0.326 e. The Hall–Kier alpha value is -1.51. The van der Waals surface area contributed by atoms with E-state index in [9.17, 15) is 4.79 Å². The van der Waals surface area contributed by atoms with Gasteiger partial charge in [-0.2, -0.15) is 0 Å². The topological polar surface area (TPSA) is 49.3 Å². The Balaban J connectivity index is 2.70. The number of aliphatic carboxylic acids is 1. The average Bonchev–Trinajstić information content (AvgIpc) is 2.15. The first-order valence-corrected chi connectivity index (χ1v) is 4.65. The molecule has 3 heteroatoms. The van der Waals surface area contributed by atoms with Gasteiger partial charge in [-0.1, -0.05) is 32.0 Å². The summed E-state index contributed by atoms with van der Waals surface area (Å²) < 4.78 is 0. The van der Waals surface area contributed by atoms with Crippen LogP contribution in [0.4, 0.5) is 5.69 Å². The van der Waals surface area contributed by atoms with Crippen LogP contribution in [0.25, 0.3) is 0 Å². The van der Waals surface area contributed by atoms with E-state index in [4.69, 9.17) is 5.11 Å². The summed E-state index contributed by atoms with van der Waals surface area (Å²) in [6.45, 7) is 3.77. The van der Waals surface area contributed by atoms with Crippen LogP contribution in [0.1, 0.15) is 13.8 Å². The van der Waals surface area contributed by atoms with Crippen molar-refractivity contribution in [1.82, 2.24) is 0 Å². The van der Waals surface area contributed by atoms with Crippen LogP contribution in [-0.4, -0.2) is 17.1 Å². The Bertz CT molecular complexity index is 295. The van der Waals surface area contributed by atoms with Crippen molar-refractivity contribution >= 4 is 11.7 Å². The first kappa shape index (κ1) is 10.6. The van der Waals surface area contributed by atoms with Crippen LogP contribution < -0.4 is 5.32 Å². The van der Waals surface area contributed by atoms with Crippen molar-refractivity contribution in [2.75, 3.05) is 5.32 Å². The molecule has 2 N–H and O–H groups in total. The lowest BCUT2D eigenvalue weighted by Gasteiger charge is -2.18. The van der Waals surface area contributed by atoms with Gasteiger partial charge in [-0.3, -0.25) is 0 Å². The third-order valence-electron chi connectivity index (χ3n) is 2.03. The van der Waals surface area contributed by atoms with E-state index >= 15 is 0 Å². The molecule has 1 aromatic rings. The highest BCUT2D eigenvalue weighted by atomic mass is 16.4. The molecule has 0 aliphatic carbocycles. The van der Waals surface area contributed by atoms with Crippen LogP contribution >= 0.6 is 0 Å². The second-order valence-corrected chi connectivity index (χ2v) is 3.57. The number of hydrogen-bond acceptors (Lipinski definition) is 2. The Morgan fingerprint density at radius 2 is 1.86 bits per heavy atom. The fraction of sp³-hybridized carbons (Fsp3) is 0.364. The number of anilines is 1. The molecule has 0 saturated carbocycles. The molecule has 0 radical (unpaired) electrons. The predicted molar refractivity (Wildman–Crippen MR) is 56.3 cm³/mol. The summed E-state index contributed by atoms with van der Waals surface area (Å²) in [5, 5.41) is 11.9. The molecule has 0 aromatic heterocycles. The molecule has 14 heavy (non-hydrogen) atoms. The van der Waals surface area contributed by atoms with Crippen LogP contribution in [-0.2, 0) is 4.79 Å². The zero-order valence-electron chi connectivity index (χ0n) is 8.40. The van der Waals surface area contributed by atoms with Crippen LogP contribution in [0.15, 0.2) is 30.3 Å². The van der Waals surface area contributed by atoms with E-state index in [1.54, 1.807) is 0 Å². The molecule has 0 aliphatic rings. The fourth-order valence-electron chi connectivity index (χ4n) is 1.23. The fourth-order valence-corrected chi connectivity index (χ4v) is 1.23. The molecule has 0 fully saturated rings. The molecule has 1 rings (SSSR count). The largest absolute Gasteiger partial charge is 0.480 e. The number of nitrogens with one attached hydrogen (secondary N) is 1. The van der Waals surface area contributed by atoms with Crippen LogP contribution in [0.5, 0.6) is 0 Å². The molecule has 1 aromatic carbocycles.